The second kappa shape index (κ2) is 5.36. The van der Waals surface area contributed by atoms with Crippen LogP contribution in [0.4, 0.5) is 5.69 Å². The standard InChI is InChI=1S/C18H19NO2S/c1-18(2,3)17(21)19-13-6-4-5-11-7-8-12-9-10-22-16(12)15(20)14(11)13/h4-6,9-10H,7-8H2,1-3H3,(H,19,21). The molecule has 0 saturated heterocycles. The number of carbonyl (C=O) groups excluding carboxylic acids is 2. The minimum absolute atomic E-state index is 0.0299. The molecule has 3 rings (SSSR count). The highest BCUT2D eigenvalue weighted by Gasteiger charge is 2.27. The highest BCUT2D eigenvalue weighted by molar-refractivity contribution is 7.12. The van der Waals surface area contributed by atoms with Crippen LogP contribution in [0.2, 0.25) is 0 Å². The number of thiophene rings is 1. The summed E-state index contributed by atoms with van der Waals surface area (Å²) < 4.78 is 0. The van der Waals surface area contributed by atoms with Crippen molar-refractivity contribution in [3.05, 3.63) is 51.2 Å². The van der Waals surface area contributed by atoms with Gasteiger partial charge in [-0.2, -0.15) is 0 Å². The first-order valence-corrected chi connectivity index (χ1v) is 8.30. The lowest BCUT2D eigenvalue weighted by molar-refractivity contribution is -0.123. The molecule has 0 atom stereocenters. The number of hydrogen-bond acceptors (Lipinski definition) is 3. The SMILES string of the molecule is CC(C)(C)C(=O)Nc1cccc2c1C(=O)c1sccc1CC2. The molecule has 2 aromatic rings. The average Bonchev–Trinajstić information content (AvgIpc) is 2.87. The molecule has 0 radical (unpaired) electrons. The van der Waals surface area contributed by atoms with E-state index in [2.05, 4.69) is 5.32 Å². The summed E-state index contributed by atoms with van der Waals surface area (Å²) in [7, 11) is 0. The normalized spacial score (nSPS) is 14.0. The summed E-state index contributed by atoms with van der Waals surface area (Å²) in [6.07, 6.45) is 1.69. The van der Waals surface area contributed by atoms with Gasteiger partial charge in [-0.25, -0.2) is 0 Å². The first-order chi connectivity index (χ1) is 10.4. The lowest BCUT2D eigenvalue weighted by Gasteiger charge is -2.20. The number of aryl methyl sites for hydroxylation is 2. The van der Waals surface area contributed by atoms with Crippen molar-refractivity contribution in [2.75, 3.05) is 5.32 Å². The van der Waals surface area contributed by atoms with E-state index in [1.54, 1.807) is 0 Å². The summed E-state index contributed by atoms with van der Waals surface area (Å²) in [5.74, 6) is -0.0494. The number of anilines is 1. The maximum atomic E-state index is 12.9. The van der Waals surface area contributed by atoms with Crippen LogP contribution in [0, 0.1) is 5.41 Å². The summed E-state index contributed by atoms with van der Waals surface area (Å²) in [6.45, 7) is 5.59. The smallest absolute Gasteiger partial charge is 0.229 e. The van der Waals surface area contributed by atoms with Crippen LogP contribution >= 0.6 is 11.3 Å². The third-order valence-electron chi connectivity index (χ3n) is 3.92. The first-order valence-electron chi connectivity index (χ1n) is 7.42. The molecule has 1 amide bonds. The lowest BCUT2D eigenvalue weighted by atomic mass is 9.94. The van der Waals surface area contributed by atoms with Gasteiger partial charge in [0.05, 0.1) is 16.1 Å². The van der Waals surface area contributed by atoms with Gasteiger partial charge in [0.15, 0.2) is 0 Å². The van der Waals surface area contributed by atoms with Crippen molar-refractivity contribution in [1.82, 2.24) is 0 Å². The second-order valence-electron chi connectivity index (χ2n) is 6.65. The largest absolute Gasteiger partial charge is 0.325 e. The van der Waals surface area contributed by atoms with E-state index in [0.717, 1.165) is 28.8 Å². The van der Waals surface area contributed by atoms with Crippen molar-refractivity contribution >= 4 is 28.7 Å². The Morgan fingerprint density at radius 3 is 2.59 bits per heavy atom. The number of nitrogens with one attached hydrogen (secondary N) is 1. The summed E-state index contributed by atoms with van der Waals surface area (Å²) in [5, 5.41) is 4.90. The van der Waals surface area contributed by atoms with Gasteiger partial charge in [-0.1, -0.05) is 32.9 Å². The predicted molar refractivity (Wildman–Crippen MR) is 89.7 cm³/mol. The van der Waals surface area contributed by atoms with Crippen LogP contribution in [0.25, 0.3) is 0 Å². The number of amides is 1. The van der Waals surface area contributed by atoms with Crippen molar-refractivity contribution in [3.8, 4) is 0 Å². The minimum Gasteiger partial charge on any atom is -0.325 e. The van der Waals surface area contributed by atoms with E-state index in [1.807, 2.05) is 50.4 Å². The van der Waals surface area contributed by atoms with Crippen LogP contribution in [0.15, 0.2) is 29.6 Å². The summed E-state index contributed by atoms with van der Waals surface area (Å²) in [4.78, 5) is 26.0. The summed E-state index contributed by atoms with van der Waals surface area (Å²) >= 11 is 1.48. The van der Waals surface area contributed by atoms with Gasteiger partial charge in [-0.05, 0) is 41.5 Å². The molecule has 1 N–H and O–H groups in total. The van der Waals surface area contributed by atoms with Gasteiger partial charge in [-0.3, -0.25) is 9.59 Å². The van der Waals surface area contributed by atoms with E-state index in [0.29, 0.717) is 11.3 Å². The van der Waals surface area contributed by atoms with Gasteiger partial charge >= 0.3 is 0 Å². The van der Waals surface area contributed by atoms with Gasteiger partial charge in [0.25, 0.3) is 0 Å². The minimum atomic E-state index is -0.495. The topological polar surface area (TPSA) is 46.2 Å². The molecule has 1 heterocycles. The molecule has 0 aliphatic heterocycles. The van der Waals surface area contributed by atoms with Gasteiger partial charge in [0, 0.05) is 5.41 Å². The average molecular weight is 313 g/mol. The van der Waals surface area contributed by atoms with E-state index >= 15 is 0 Å². The lowest BCUT2D eigenvalue weighted by Crippen LogP contribution is -2.28. The van der Waals surface area contributed by atoms with Crippen LogP contribution in [0.5, 0.6) is 0 Å². The van der Waals surface area contributed by atoms with Crippen molar-refractivity contribution in [3.63, 3.8) is 0 Å². The van der Waals surface area contributed by atoms with Gasteiger partial charge in [-0.15, -0.1) is 11.3 Å². The van der Waals surface area contributed by atoms with Gasteiger partial charge < -0.3 is 5.32 Å². The molecule has 0 unspecified atom stereocenters. The quantitative estimate of drug-likeness (QED) is 0.863. The van der Waals surface area contributed by atoms with E-state index in [4.69, 9.17) is 0 Å². The monoisotopic (exact) mass is 313 g/mol. The molecular weight excluding hydrogens is 294 g/mol. The molecule has 114 valence electrons. The Morgan fingerprint density at radius 1 is 1.14 bits per heavy atom. The molecule has 0 bridgehead atoms. The fraction of sp³-hybridized carbons (Fsp3) is 0.333. The zero-order valence-electron chi connectivity index (χ0n) is 13.0. The van der Waals surface area contributed by atoms with Crippen LogP contribution in [0.1, 0.15) is 47.1 Å². The van der Waals surface area contributed by atoms with Crippen LogP contribution in [0.3, 0.4) is 0 Å². The Hall–Kier alpha value is -1.94. The fourth-order valence-electron chi connectivity index (χ4n) is 2.61. The highest BCUT2D eigenvalue weighted by atomic mass is 32.1. The van der Waals surface area contributed by atoms with E-state index < -0.39 is 5.41 Å². The maximum absolute atomic E-state index is 12.9. The Morgan fingerprint density at radius 2 is 1.86 bits per heavy atom. The fourth-order valence-corrected chi connectivity index (χ4v) is 3.50. The Bertz CT molecular complexity index is 753. The van der Waals surface area contributed by atoms with Crippen molar-refractivity contribution in [2.45, 2.75) is 33.6 Å². The number of hydrogen-bond donors (Lipinski definition) is 1. The number of rotatable bonds is 1. The molecule has 1 aliphatic carbocycles. The molecule has 1 aliphatic rings. The van der Waals surface area contributed by atoms with Crippen LogP contribution < -0.4 is 5.32 Å². The Kier molecular flexibility index (Phi) is 3.65. The molecule has 0 spiro atoms. The number of benzene rings is 1. The predicted octanol–water partition coefficient (Wildman–Crippen LogP) is 4.06. The number of fused-ring (bicyclic) bond motifs is 2. The molecule has 4 heteroatoms. The second-order valence-corrected chi connectivity index (χ2v) is 7.56. The molecular formula is C18H19NO2S. The third kappa shape index (κ3) is 2.59. The molecule has 3 nitrogen and oxygen atoms in total. The number of carbonyl (C=O) groups is 2. The Labute approximate surface area is 134 Å². The first kappa shape index (κ1) is 15.0. The zero-order valence-corrected chi connectivity index (χ0v) is 13.8. The van der Waals surface area contributed by atoms with Crippen LogP contribution in [-0.2, 0) is 17.6 Å². The van der Waals surface area contributed by atoms with E-state index in [-0.39, 0.29) is 11.7 Å². The molecule has 0 saturated carbocycles. The number of ketones is 1. The van der Waals surface area contributed by atoms with Crippen molar-refractivity contribution in [2.24, 2.45) is 5.41 Å². The third-order valence-corrected chi connectivity index (χ3v) is 4.88. The van der Waals surface area contributed by atoms with Crippen molar-refractivity contribution in [1.29, 1.82) is 0 Å². The molecule has 0 fully saturated rings. The van der Waals surface area contributed by atoms with E-state index in [9.17, 15) is 9.59 Å². The van der Waals surface area contributed by atoms with E-state index in [1.165, 1.54) is 11.3 Å². The Balaban J connectivity index is 2.06. The molecule has 1 aromatic heterocycles. The zero-order chi connectivity index (χ0) is 15.9. The van der Waals surface area contributed by atoms with Gasteiger partial charge in [0.2, 0.25) is 11.7 Å². The van der Waals surface area contributed by atoms with Gasteiger partial charge in [0.1, 0.15) is 0 Å². The molecule has 22 heavy (non-hydrogen) atoms. The van der Waals surface area contributed by atoms with Crippen LogP contribution in [-0.4, -0.2) is 11.7 Å². The van der Waals surface area contributed by atoms with Crippen molar-refractivity contribution < 1.29 is 9.59 Å². The molecule has 1 aromatic carbocycles. The maximum Gasteiger partial charge on any atom is 0.229 e. The summed E-state index contributed by atoms with van der Waals surface area (Å²) in [5.41, 5.74) is 2.91. The highest BCUT2D eigenvalue weighted by Crippen LogP contribution is 2.32. The summed E-state index contributed by atoms with van der Waals surface area (Å²) in [6, 6.07) is 7.73.